The van der Waals surface area contributed by atoms with Crippen LogP contribution in [0.1, 0.15) is 64.7 Å². The van der Waals surface area contributed by atoms with E-state index in [0.717, 1.165) is 6.42 Å². The lowest BCUT2D eigenvalue weighted by atomic mass is 9.81. The largest absolute Gasteiger partial charge is 0.347 e. The summed E-state index contributed by atoms with van der Waals surface area (Å²) >= 11 is 0. The molecule has 0 spiro atoms. The van der Waals surface area contributed by atoms with Gasteiger partial charge in [0.2, 0.25) is 5.91 Å². The van der Waals surface area contributed by atoms with Crippen LogP contribution in [0.25, 0.3) is 0 Å². The van der Waals surface area contributed by atoms with E-state index in [9.17, 15) is 9.59 Å². The minimum Gasteiger partial charge on any atom is -0.347 e. The minimum absolute atomic E-state index is 0.0384. The second-order valence-electron chi connectivity index (χ2n) is 7.55. The van der Waals surface area contributed by atoms with Gasteiger partial charge in [0.05, 0.1) is 0 Å². The maximum absolute atomic E-state index is 12.3. The topological polar surface area (TPSA) is 58.2 Å². The van der Waals surface area contributed by atoms with Gasteiger partial charge in [-0.3, -0.25) is 9.59 Å². The smallest absolute Gasteiger partial charge is 0.251 e. The van der Waals surface area contributed by atoms with Crippen molar-refractivity contribution >= 4 is 17.5 Å². The van der Waals surface area contributed by atoms with E-state index in [1.165, 1.54) is 0 Å². The fraction of sp³-hybridized carbons (Fsp3) is 0.556. The van der Waals surface area contributed by atoms with Gasteiger partial charge in [-0.1, -0.05) is 27.7 Å². The maximum atomic E-state index is 12.3. The highest BCUT2D eigenvalue weighted by molar-refractivity contribution is 5.96. The third-order valence-electron chi connectivity index (χ3n) is 3.18. The Labute approximate surface area is 133 Å². The Morgan fingerprint density at radius 3 is 2.00 bits per heavy atom. The highest BCUT2D eigenvalue weighted by Crippen LogP contribution is 2.27. The van der Waals surface area contributed by atoms with Crippen LogP contribution in [0.15, 0.2) is 24.3 Å². The zero-order chi connectivity index (χ0) is 17.0. The van der Waals surface area contributed by atoms with Gasteiger partial charge in [-0.25, -0.2) is 0 Å². The monoisotopic (exact) mass is 304 g/mol. The Morgan fingerprint density at radius 1 is 1.00 bits per heavy atom. The van der Waals surface area contributed by atoms with Crippen molar-refractivity contribution in [1.82, 2.24) is 5.32 Å². The summed E-state index contributed by atoms with van der Waals surface area (Å²) in [6, 6.07) is 6.96. The summed E-state index contributed by atoms with van der Waals surface area (Å²) in [5.74, 6) is -0.133. The van der Waals surface area contributed by atoms with Crippen molar-refractivity contribution in [3.8, 4) is 0 Å². The van der Waals surface area contributed by atoms with Gasteiger partial charge in [-0.05, 0) is 49.9 Å². The van der Waals surface area contributed by atoms with Crippen LogP contribution in [-0.2, 0) is 4.79 Å². The summed E-state index contributed by atoms with van der Waals surface area (Å²) in [6.45, 7) is 12.3. The molecule has 0 radical (unpaired) electrons. The van der Waals surface area contributed by atoms with Crippen LogP contribution in [0.3, 0.4) is 0 Å². The number of amides is 2. The zero-order valence-corrected chi connectivity index (χ0v) is 14.5. The molecule has 22 heavy (non-hydrogen) atoms. The summed E-state index contributed by atoms with van der Waals surface area (Å²) < 4.78 is 0. The van der Waals surface area contributed by atoms with Crippen molar-refractivity contribution in [3.63, 3.8) is 0 Å². The summed E-state index contributed by atoms with van der Waals surface area (Å²) in [5.41, 5.74) is 1.17. The first-order chi connectivity index (χ1) is 10.0. The molecule has 0 heterocycles. The SMILES string of the molecule is CCC(=O)Nc1ccc(C(=O)NC(C)(C)CC(C)(C)C)cc1. The van der Waals surface area contributed by atoms with E-state index in [2.05, 4.69) is 31.4 Å². The molecule has 0 unspecified atom stereocenters. The van der Waals surface area contributed by atoms with E-state index in [-0.39, 0.29) is 22.8 Å². The van der Waals surface area contributed by atoms with Crippen molar-refractivity contribution in [2.45, 2.75) is 59.9 Å². The Hall–Kier alpha value is -1.84. The Bertz CT molecular complexity index is 525. The highest BCUT2D eigenvalue weighted by atomic mass is 16.2. The highest BCUT2D eigenvalue weighted by Gasteiger charge is 2.27. The van der Waals surface area contributed by atoms with Gasteiger partial charge in [0.1, 0.15) is 0 Å². The van der Waals surface area contributed by atoms with Gasteiger partial charge in [-0.15, -0.1) is 0 Å². The van der Waals surface area contributed by atoms with Crippen molar-refractivity contribution in [2.75, 3.05) is 5.32 Å². The first kappa shape index (κ1) is 18.2. The fourth-order valence-electron chi connectivity index (χ4n) is 2.70. The number of anilines is 1. The van der Waals surface area contributed by atoms with Gasteiger partial charge in [0, 0.05) is 23.2 Å². The number of carbonyl (C=O) groups excluding carboxylic acids is 2. The van der Waals surface area contributed by atoms with Crippen LogP contribution in [0.5, 0.6) is 0 Å². The van der Waals surface area contributed by atoms with Crippen LogP contribution in [-0.4, -0.2) is 17.4 Å². The number of benzene rings is 1. The van der Waals surface area contributed by atoms with Crippen molar-refractivity contribution < 1.29 is 9.59 Å². The van der Waals surface area contributed by atoms with Gasteiger partial charge in [-0.2, -0.15) is 0 Å². The lowest BCUT2D eigenvalue weighted by Gasteiger charge is -2.33. The molecule has 1 aromatic rings. The minimum atomic E-state index is -0.273. The zero-order valence-electron chi connectivity index (χ0n) is 14.5. The molecule has 0 bridgehead atoms. The van der Waals surface area contributed by atoms with Crippen LogP contribution >= 0.6 is 0 Å². The third kappa shape index (κ3) is 6.29. The van der Waals surface area contributed by atoms with E-state index in [4.69, 9.17) is 0 Å². The lowest BCUT2D eigenvalue weighted by Crippen LogP contribution is -2.45. The molecular weight excluding hydrogens is 276 g/mol. The molecule has 2 amide bonds. The average molecular weight is 304 g/mol. The number of nitrogens with one attached hydrogen (secondary N) is 2. The first-order valence-electron chi connectivity index (χ1n) is 7.75. The third-order valence-corrected chi connectivity index (χ3v) is 3.18. The number of rotatable bonds is 5. The average Bonchev–Trinajstić information content (AvgIpc) is 2.35. The van der Waals surface area contributed by atoms with E-state index in [1.807, 2.05) is 13.8 Å². The molecule has 122 valence electrons. The Morgan fingerprint density at radius 2 is 1.55 bits per heavy atom. The van der Waals surface area contributed by atoms with Gasteiger partial charge < -0.3 is 10.6 Å². The Balaban J connectivity index is 2.72. The summed E-state index contributed by atoms with van der Waals surface area (Å²) in [6.07, 6.45) is 1.32. The molecule has 4 nitrogen and oxygen atoms in total. The normalized spacial score (nSPS) is 11.9. The van der Waals surface area contributed by atoms with Gasteiger partial charge in [0.25, 0.3) is 5.91 Å². The fourth-order valence-corrected chi connectivity index (χ4v) is 2.70. The number of hydrogen-bond donors (Lipinski definition) is 2. The first-order valence-corrected chi connectivity index (χ1v) is 7.75. The molecule has 0 saturated carbocycles. The molecule has 2 N–H and O–H groups in total. The molecule has 0 aliphatic rings. The molecule has 0 aliphatic heterocycles. The predicted molar refractivity (Wildman–Crippen MR) is 91.0 cm³/mol. The summed E-state index contributed by atoms with van der Waals surface area (Å²) in [7, 11) is 0. The molecule has 4 heteroatoms. The van der Waals surface area contributed by atoms with E-state index in [1.54, 1.807) is 31.2 Å². The predicted octanol–water partition coefficient (Wildman–Crippen LogP) is 3.98. The standard InChI is InChI=1S/C18H28N2O2/c1-7-15(21)19-14-10-8-13(9-11-14)16(22)20-18(5,6)12-17(2,3)4/h8-11H,7,12H2,1-6H3,(H,19,21)(H,20,22). The van der Waals surface area contributed by atoms with Crippen molar-refractivity contribution in [3.05, 3.63) is 29.8 Å². The molecule has 1 aromatic carbocycles. The van der Waals surface area contributed by atoms with E-state index in [0.29, 0.717) is 17.7 Å². The number of carbonyl (C=O) groups is 2. The van der Waals surface area contributed by atoms with Crippen LogP contribution in [0.2, 0.25) is 0 Å². The lowest BCUT2D eigenvalue weighted by molar-refractivity contribution is -0.115. The number of hydrogen-bond acceptors (Lipinski definition) is 2. The molecule has 0 saturated heterocycles. The van der Waals surface area contributed by atoms with Crippen LogP contribution in [0, 0.1) is 5.41 Å². The summed E-state index contributed by atoms with van der Waals surface area (Å²) in [5, 5.41) is 5.84. The van der Waals surface area contributed by atoms with Crippen LogP contribution < -0.4 is 10.6 Å². The van der Waals surface area contributed by atoms with E-state index >= 15 is 0 Å². The molecule has 0 aliphatic carbocycles. The molecule has 0 aromatic heterocycles. The van der Waals surface area contributed by atoms with Gasteiger partial charge in [0.15, 0.2) is 0 Å². The second kappa shape index (κ2) is 6.95. The van der Waals surface area contributed by atoms with E-state index < -0.39 is 0 Å². The molecular formula is C18H28N2O2. The summed E-state index contributed by atoms with van der Waals surface area (Å²) in [4.78, 5) is 23.7. The molecule has 0 fully saturated rings. The second-order valence-corrected chi connectivity index (χ2v) is 7.55. The van der Waals surface area contributed by atoms with Crippen molar-refractivity contribution in [2.24, 2.45) is 5.41 Å². The molecule has 0 atom stereocenters. The van der Waals surface area contributed by atoms with Crippen molar-refractivity contribution in [1.29, 1.82) is 0 Å². The molecule has 1 rings (SSSR count). The quantitative estimate of drug-likeness (QED) is 0.864. The maximum Gasteiger partial charge on any atom is 0.251 e. The van der Waals surface area contributed by atoms with Gasteiger partial charge >= 0.3 is 0 Å². The Kier molecular flexibility index (Phi) is 5.75. The van der Waals surface area contributed by atoms with Crippen LogP contribution in [0.4, 0.5) is 5.69 Å².